The van der Waals surface area contributed by atoms with Gasteiger partial charge in [0.1, 0.15) is 5.82 Å². The number of nitrogens with zero attached hydrogens (tertiary/aromatic N) is 1. The number of amides is 3. The van der Waals surface area contributed by atoms with Crippen LogP contribution in [0.1, 0.15) is 42.2 Å². The van der Waals surface area contributed by atoms with Crippen molar-refractivity contribution in [3.63, 3.8) is 0 Å². The van der Waals surface area contributed by atoms with Gasteiger partial charge in [-0.15, -0.1) is 0 Å². The first-order valence-corrected chi connectivity index (χ1v) is 9.17. The Kier molecular flexibility index (Phi) is 4.46. The summed E-state index contributed by atoms with van der Waals surface area (Å²) in [4.78, 5) is 49.7. The molecule has 0 unspecified atom stereocenters. The molecular formula is C22H18N4O4. The lowest BCUT2D eigenvalue weighted by Gasteiger charge is -2.16. The van der Waals surface area contributed by atoms with Crippen LogP contribution in [0.15, 0.2) is 53.3 Å². The summed E-state index contributed by atoms with van der Waals surface area (Å²) >= 11 is 0. The van der Waals surface area contributed by atoms with Crippen molar-refractivity contribution in [1.82, 2.24) is 9.88 Å². The van der Waals surface area contributed by atoms with E-state index < -0.39 is 23.3 Å². The number of nitrogens with one attached hydrogen (secondary N) is 2. The molecule has 4 N–H and O–H groups in total. The summed E-state index contributed by atoms with van der Waals surface area (Å²) in [5, 5.41) is 4.93. The van der Waals surface area contributed by atoms with Gasteiger partial charge in [0.25, 0.3) is 23.3 Å². The van der Waals surface area contributed by atoms with Crippen LogP contribution in [-0.2, 0) is 0 Å². The zero-order valence-corrected chi connectivity index (χ0v) is 16.3. The summed E-state index contributed by atoms with van der Waals surface area (Å²) in [5.74, 6) is -2.00. The number of carbonyl (C=O) groups excluding carboxylic acids is 3. The van der Waals surface area contributed by atoms with Gasteiger partial charge in [0.15, 0.2) is 0 Å². The Bertz CT molecular complexity index is 1310. The molecule has 0 fully saturated rings. The predicted molar refractivity (Wildman–Crippen MR) is 112 cm³/mol. The van der Waals surface area contributed by atoms with Crippen LogP contribution in [-0.4, -0.2) is 22.3 Å². The molecule has 2 aromatic carbocycles. The lowest BCUT2D eigenvalue weighted by atomic mass is 10.1. The third-order valence-corrected chi connectivity index (χ3v) is 5.11. The highest BCUT2D eigenvalue weighted by atomic mass is 16.2. The molecule has 8 nitrogen and oxygen atoms in total. The first-order valence-electron chi connectivity index (χ1n) is 9.17. The lowest BCUT2D eigenvalue weighted by Crippen LogP contribution is -2.26. The highest BCUT2D eigenvalue weighted by Crippen LogP contribution is 2.25. The smallest absolute Gasteiger partial charge is 0.262 e. The minimum atomic E-state index is -0.682. The van der Waals surface area contributed by atoms with Gasteiger partial charge >= 0.3 is 0 Å². The number of carbonyl (C=O) groups is 3. The van der Waals surface area contributed by atoms with Gasteiger partial charge in [-0.2, -0.15) is 0 Å². The molecule has 2 heterocycles. The Balaban J connectivity index is 1.82. The zero-order chi connectivity index (χ0) is 21.6. The first kappa shape index (κ1) is 19.1. The number of pyridine rings is 1. The Hall–Kier alpha value is -4.20. The van der Waals surface area contributed by atoms with Crippen LogP contribution in [0.5, 0.6) is 0 Å². The fourth-order valence-electron chi connectivity index (χ4n) is 3.41. The van der Waals surface area contributed by atoms with Crippen molar-refractivity contribution in [2.75, 3.05) is 11.1 Å². The molecule has 0 spiro atoms. The molecule has 3 amide bonds. The fraction of sp³-hybridized carbons (Fsp3) is 0.0909. The quantitative estimate of drug-likeness (QED) is 0.580. The normalized spacial score (nSPS) is 12.5. The Labute approximate surface area is 171 Å². The number of aryl methyl sites for hydroxylation is 2. The highest BCUT2D eigenvalue weighted by molar-refractivity contribution is 6.23. The largest absolute Gasteiger partial charge is 0.384 e. The standard InChI is InChI=1S/C22H18N4O4/c1-11-7-8-13(9-12(11)2)24-20(28)14-5-3-4-6-16(14)26-17(27)10-15-18(19(26)23)22(30)25-21(15)29/h3-10H,23H2,1-2H3,(H,24,28)(H,25,29,30). The third kappa shape index (κ3) is 3.04. The van der Waals surface area contributed by atoms with E-state index in [2.05, 4.69) is 10.6 Å². The highest BCUT2D eigenvalue weighted by Gasteiger charge is 2.32. The summed E-state index contributed by atoms with van der Waals surface area (Å²) in [6.45, 7) is 3.91. The molecule has 8 heteroatoms. The summed E-state index contributed by atoms with van der Waals surface area (Å²) in [7, 11) is 0. The Morgan fingerprint density at radius 1 is 0.967 bits per heavy atom. The van der Waals surface area contributed by atoms with Gasteiger partial charge in [-0.05, 0) is 49.2 Å². The number of hydrogen-bond donors (Lipinski definition) is 3. The van der Waals surface area contributed by atoms with Crippen molar-refractivity contribution in [2.45, 2.75) is 13.8 Å². The van der Waals surface area contributed by atoms with Gasteiger partial charge in [0.2, 0.25) is 0 Å². The topological polar surface area (TPSA) is 123 Å². The molecule has 1 aliphatic heterocycles. The van der Waals surface area contributed by atoms with E-state index in [1.54, 1.807) is 30.3 Å². The van der Waals surface area contributed by atoms with Crippen molar-refractivity contribution < 1.29 is 14.4 Å². The molecule has 0 atom stereocenters. The maximum absolute atomic E-state index is 13.0. The maximum Gasteiger partial charge on any atom is 0.262 e. The van der Waals surface area contributed by atoms with Crippen LogP contribution in [0.2, 0.25) is 0 Å². The van der Waals surface area contributed by atoms with E-state index in [-0.39, 0.29) is 28.2 Å². The van der Waals surface area contributed by atoms with E-state index in [1.807, 2.05) is 26.0 Å². The van der Waals surface area contributed by atoms with Gasteiger partial charge < -0.3 is 11.1 Å². The number of fused-ring (bicyclic) bond motifs is 1. The summed E-state index contributed by atoms with van der Waals surface area (Å²) in [5.41, 5.74) is 8.44. The van der Waals surface area contributed by atoms with Crippen molar-refractivity contribution >= 4 is 29.2 Å². The number of rotatable bonds is 3. The molecule has 0 saturated heterocycles. The van der Waals surface area contributed by atoms with Crippen molar-refractivity contribution in [2.24, 2.45) is 0 Å². The van der Waals surface area contributed by atoms with Gasteiger partial charge in [-0.3, -0.25) is 29.1 Å². The predicted octanol–water partition coefficient (Wildman–Crippen LogP) is 2.17. The average Bonchev–Trinajstić information content (AvgIpc) is 2.98. The second-order valence-corrected chi connectivity index (χ2v) is 7.05. The van der Waals surface area contributed by atoms with Gasteiger partial charge in [-0.25, -0.2) is 0 Å². The molecule has 0 aliphatic carbocycles. The molecule has 1 aromatic heterocycles. The summed E-state index contributed by atoms with van der Waals surface area (Å²) < 4.78 is 1.06. The second-order valence-electron chi connectivity index (χ2n) is 7.05. The number of imide groups is 1. The van der Waals surface area contributed by atoms with Crippen LogP contribution in [0.4, 0.5) is 11.5 Å². The van der Waals surface area contributed by atoms with Gasteiger partial charge in [0.05, 0.1) is 22.4 Å². The zero-order valence-electron chi connectivity index (χ0n) is 16.3. The SMILES string of the molecule is Cc1ccc(NC(=O)c2ccccc2-n2c(N)c3c(cc2=O)C(=O)NC3=O)cc1C. The van der Waals surface area contributed by atoms with Gasteiger partial charge in [-0.1, -0.05) is 18.2 Å². The monoisotopic (exact) mass is 402 g/mol. The van der Waals surface area contributed by atoms with E-state index in [4.69, 9.17) is 5.73 Å². The Morgan fingerprint density at radius 2 is 1.70 bits per heavy atom. The molecule has 4 rings (SSSR count). The average molecular weight is 402 g/mol. The fourth-order valence-corrected chi connectivity index (χ4v) is 3.41. The number of nitrogen functional groups attached to an aromatic ring is 1. The van der Waals surface area contributed by atoms with Crippen LogP contribution in [0, 0.1) is 13.8 Å². The molecule has 0 bridgehead atoms. The first-order chi connectivity index (χ1) is 14.3. The summed E-state index contributed by atoms with van der Waals surface area (Å²) in [6, 6.07) is 13.0. The number of para-hydroxylation sites is 1. The number of anilines is 2. The maximum atomic E-state index is 13.0. The molecule has 0 saturated carbocycles. The molecule has 3 aromatic rings. The molecule has 30 heavy (non-hydrogen) atoms. The minimum absolute atomic E-state index is 0.0733. The van der Waals surface area contributed by atoms with E-state index >= 15 is 0 Å². The molecule has 1 aliphatic rings. The summed E-state index contributed by atoms with van der Waals surface area (Å²) in [6.07, 6.45) is 0. The number of hydrogen-bond acceptors (Lipinski definition) is 5. The van der Waals surface area contributed by atoms with Gasteiger partial charge in [0, 0.05) is 11.8 Å². The molecular weight excluding hydrogens is 384 g/mol. The number of benzene rings is 2. The number of aromatic nitrogens is 1. The van der Waals surface area contributed by atoms with E-state index in [1.165, 1.54) is 0 Å². The van der Waals surface area contributed by atoms with Crippen LogP contribution in [0.3, 0.4) is 0 Å². The third-order valence-electron chi connectivity index (χ3n) is 5.11. The lowest BCUT2D eigenvalue weighted by molar-refractivity contribution is 0.0879. The number of nitrogens with two attached hydrogens (primary N) is 1. The van der Waals surface area contributed by atoms with Crippen LogP contribution in [0.25, 0.3) is 5.69 Å². The van der Waals surface area contributed by atoms with Crippen molar-refractivity contribution in [1.29, 1.82) is 0 Å². The Morgan fingerprint density at radius 3 is 2.43 bits per heavy atom. The van der Waals surface area contributed by atoms with Crippen molar-refractivity contribution in [3.05, 3.63) is 86.7 Å². The van der Waals surface area contributed by atoms with E-state index in [9.17, 15) is 19.2 Å². The van der Waals surface area contributed by atoms with Crippen molar-refractivity contribution in [3.8, 4) is 5.69 Å². The molecule has 0 radical (unpaired) electrons. The van der Waals surface area contributed by atoms with E-state index in [0.29, 0.717) is 5.69 Å². The van der Waals surface area contributed by atoms with E-state index in [0.717, 1.165) is 21.8 Å². The minimum Gasteiger partial charge on any atom is -0.384 e. The second kappa shape index (κ2) is 7.00. The molecule has 150 valence electrons. The van der Waals surface area contributed by atoms with Crippen LogP contribution >= 0.6 is 0 Å². The van der Waals surface area contributed by atoms with Crippen LogP contribution < -0.4 is 21.9 Å².